The third kappa shape index (κ3) is 3.36. The lowest BCUT2D eigenvalue weighted by molar-refractivity contribution is -0.117. The molecule has 0 spiro atoms. The van der Waals surface area contributed by atoms with Gasteiger partial charge in [0.2, 0.25) is 15.9 Å². The summed E-state index contributed by atoms with van der Waals surface area (Å²) in [6, 6.07) is 4.69. The van der Waals surface area contributed by atoms with E-state index >= 15 is 0 Å². The minimum atomic E-state index is -3.50. The van der Waals surface area contributed by atoms with Crippen LogP contribution < -0.4 is 15.4 Å². The summed E-state index contributed by atoms with van der Waals surface area (Å²) in [5.41, 5.74) is 1.37. The minimum Gasteiger partial charge on any atom is -0.326 e. The average molecular weight is 297 g/mol. The summed E-state index contributed by atoms with van der Waals surface area (Å²) in [5.74, 6) is 0.290. The number of rotatable bonds is 5. The van der Waals surface area contributed by atoms with Gasteiger partial charge < -0.3 is 10.6 Å². The Balaban J connectivity index is 2.14. The largest absolute Gasteiger partial charge is 0.326 e. The van der Waals surface area contributed by atoms with Gasteiger partial charge in [-0.25, -0.2) is 13.1 Å². The number of aryl methyl sites for hydroxylation is 1. The molecule has 0 atom stereocenters. The van der Waals surface area contributed by atoms with Crippen molar-refractivity contribution < 1.29 is 13.2 Å². The Morgan fingerprint density at radius 2 is 2.10 bits per heavy atom. The molecule has 0 radical (unpaired) electrons. The Morgan fingerprint density at radius 1 is 1.40 bits per heavy atom. The fraction of sp³-hybridized carbons (Fsp3) is 0.462. The molecule has 3 N–H and O–H groups in total. The van der Waals surface area contributed by atoms with Crippen molar-refractivity contribution in [2.45, 2.75) is 18.2 Å². The van der Waals surface area contributed by atoms with Gasteiger partial charge in [0.05, 0.1) is 4.90 Å². The van der Waals surface area contributed by atoms with Gasteiger partial charge in [-0.05, 0) is 50.7 Å². The highest BCUT2D eigenvalue weighted by Crippen LogP contribution is 2.21. The summed E-state index contributed by atoms with van der Waals surface area (Å²) in [6.45, 7) is 3.55. The van der Waals surface area contributed by atoms with E-state index in [1.165, 1.54) is 19.2 Å². The van der Waals surface area contributed by atoms with Crippen LogP contribution in [0.4, 0.5) is 5.69 Å². The van der Waals surface area contributed by atoms with Gasteiger partial charge in [-0.1, -0.05) is 6.07 Å². The zero-order valence-electron chi connectivity index (χ0n) is 11.6. The molecule has 20 heavy (non-hydrogen) atoms. The normalized spacial score (nSPS) is 15.7. The molecule has 2 rings (SSSR count). The second kappa shape index (κ2) is 5.90. The molecule has 7 heteroatoms. The number of carbonyl (C=O) groups excluding carboxylic acids is 1. The van der Waals surface area contributed by atoms with Crippen molar-refractivity contribution in [3.63, 3.8) is 0 Å². The van der Waals surface area contributed by atoms with Crippen molar-refractivity contribution in [2.75, 3.05) is 25.5 Å². The van der Waals surface area contributed by atoms with Crippen LogP contribution in [-0.4, -0.2) is 34.5 Å². The van der Waals surface area contributed by atoms with Gasteiger partial charge in [0.15, 0.2) is 0 Å². The van der Waals surface area contributed by atoms with Crippen LogP contribution >= 0.6 is 0 Å². The zero-order chi connectivity index (χ0) is 14.8. The Morgan fingerprint density at radius 3 is 2.65 bits per heavy atom. The van der Waals surface area contributed by atoms with Gasteiger partial charge in [-0.3, -0.25) is 4.79 Å². The van der Waals surface area contributed by atoms with Crippen LogP contribution in [0.3, 0.4) is 0 Å². The first-order valence-corrected chi connectivity index (χ1v) is 7.95. The van der Waals surface area contributed by atoms with Crippen LogP contribution in [0.1, 0.15) is 12.0 Å². The van der Waals surface area contributed by atoms with E-state index < -0.39 is 10.0 Å². The van der Waals surface area contributed by atoms with Crippen LogP contribution in [0.2, 0.25) is 0 Å². The van der Waals surface area contributed by atoms with Gasteiger partial charge >= 0.3 is 0 Å². The van der Waals surface area contributed by atoms with Crippen molar-refractivity contribution in [1.29, 1.82) is 0 Å². The molecule has 1 aromatic rings. The zero-order valence-corrected chi connectivity index (χ0v) is 12.4. The number of carbonyl (C=O) groups is 1. The average Bonchev–Trinajstić information content (AvgIpc) is 2.36. The Labute approximate surface area is 119 Å². The third-order valence-corrected chi connectivity index (χ3v) is 4.81. The highest BCUT2D eigenvalue weighted by molar-refractivity contribution is 7.89. The molecule has 0 saturated carbocycles. The van der Waals surface area contributed by atoms with Crippen molar-refractivity contribution in [3.05, 3.63) is 23.8 Å². The molecule has 0 bridgehead atoms. The molecule has 6 nitrogen and oxygen atoms in total. The summed E-state index contributed by atoms with van der Waals surface area (Å²) < 4.78 is 25.8. The van der Waals surface area contributed by atoms with Crippen LogP contribution in [-0.2, 0) is 14.8 Å². The van der Waals surface area contributed by atoms with Crippen LogP contribution in [0, 0.1) is 12.8 Å². The number of sulfonamides is 1. The summed E-state index contributed by atoms with van der Waals surface area (Å²) >= 11 is 0. The monoisotopic (exact) mass is 297 g/mol. The van der Waals surface area contributed by atoms with E-state index in [0.29, 0.717) is 18.0 Å². The fourth-order valence-corrected chi connectivity index (χ4v) is 2.73. The number of anilines is 1. The van der Waals surface area contributed by atoms with Gasteiger partial charge in [-0.2, -0.15) is 0 Å². The second-order valence-corrected chi connectivity index (χ2v) is 6.85. The molecule has 1 amide bonds. The highest BCUT2D eigenvalue weighted by Gasteiger charge is 2.21. The maximum Gasteiger partial charge on any atom is 0.240 e. The van der Waals surface area contributed by atoms with Gasteiger partial charge in [-0.15, -0.1) is 0 Å². The van der Waals surface area contributed by atoms with Crippen molar-refractivity contribution in [3.8, 4) is 0 Å². The first-order valence-electron chi connectivity index (χ1n) is 6.47. The quantitative estimate of drug-likeness (QED) is 0.736. The van der Waals surface area contributed by atoms with Crippen molar-refractivity contribution >= 4 is 21.6 Å². The van der Waals surface area contributed by atoms with Gasteiger partial charge in [0.25, 0.3) is 0 Å². The number of benzene rings is 1. The maximum absolute atomic E-state index is 11.9. The van der Waals surface area contributed by atoms with E-state index in [0.717, 1.165) is 18.7 Å². The fourth-order valence-electron chi connectivity index (χ4n) is 1.98. The van der Waals surface area contributed by atoms with Gasteiger partial charge in [0.1, 0.15) is 0 Å². The molecular formula is C13H19N3O3S. The SMILES string of the molecule is CNS(=O)(=O)c1ccc(C)c(NC(=O)CC2CNC2)c1. The maximum atomic E-state index is 11.9. The molecule has 0 aromatic heterocycles. The predicted octanol–water partition coefficient (Wildman–Crippen LogP) is 0.451. The van der Waals surface area contributed by atoms with Crippen LogP contribution in [0.25, 0.3) is 0 Å². The number of amides is 1. The molecule has 1 aliphatic heterocycles. The van der Waals surface area contributed by atoms with Crippen LogP contribution in [0.5, 0.6) is 0 Å². The van der Waals surface area contributed by atoms with Crippen molar-refractivity contribution in [2.24, 2.45) is 5.92 Å². The smallest absolute Gasteiger partial charge is 0.240 e. The van der Waals surface area contributed by atoms with Crippen molar-refractivity contribution in [1.82, 2.24) is 10.0 Å². The van der Waals surface area contributed by atoms with E-state index in [2.05, 4.69) is 15.4 Å². The molecule has 110 valence electrons. The topological polar surface area (TPSA) is 87.3 Å². The van der Waals surface area contributed by atoms with E-state index in [9.17, 15) is 13.2 Å². The van der Waals surface area contributed by atoms with E-state index in [1.807, 2.05) is 6.92 Å². The molecule has 1 heterocycles. The molecule has 1 aromatic carbocycles. The predicted molar refractivity (Wildman–Crippen MR) is 77.0 cm³/mol. The summed E-state index contributed by atoms with van der Waals surface area (Å²) in [5, 5.41) is 5.90. The molecular weight excluding hydrogens is 278 g/mol. The summed E-state index contributed by atoms with van der Waals surface area (Å²) in [7, 11) is -2.14. The number of nitrogens with one attached hydrogen (secondary N) is 3. The second-order valence-electron chi connectivity index (χ2n) is 4.96. The third-order valence-electron chi connectivity index (χ3n) is 3.40. The lowest BCUT2D eigenvalue weighted by Crippen LogP contribution is -2.43. The molecule has 1 aliphatic rings. The van der Waals surface area contributed by atoms with E-state index in [4.69, 9.17) is 0 Å². The minimum absolute atomic E-state index is 0.0846. The van der Waals surface area contributed by atoms with E-state index in [1.54, 1.807) is 6.07 Å². The summed E-state index contributed by atoms with van der Waals surface area (Å²) in [4.78, 5) is 12.0. The Hall–Kier alpha value is -1.44. The first kappa shape index (κ1) is 15.0. The lowest BCUT2D eigenvalue weighted by atomic mass is 9.99. The Kier molecular flexibility index (Phi) is 4.42. The van der Waals surface area contributed by atoms with Gasteiger partial charge in [0, 0.05) is 12.1 Å². The first-order chi connectivity index (χ1) is 9.42. The number of hydrogen-bond donors (Lipinski definition) is 3. The lowest BCUT2D eigenvalue weighted by Gasteiger charge is -2.26. The highest BCUT2D eigenvalue weighted by atomic mass is 32.2. The molecule has 1 saturated heterocycles. The molecule has 0 aliphatic carbocycles. The summed E-state index contributed by atoms with van der Waals surface area (Å²) in [6.07, 6.45) is 0.454. The van der Waals surface area contributed by atoms with E-state index in [-0.39, 0.29) is 10.8 Å². The standard InChI is InChI=1S/C13H19N3O3S/c1-9-3-4-11(20(18,19)14-2)6-12(9)16-13(17)5-10-7-15-8-10/h3-4,6,10,14-15H,5,7-8H2,1-2H3,(H,16,17). The molecule has 1 fully saturated rings. The van der Waals surface area contributed by atoms with Crippen LogP contribution in [0.15, 0.2) is 23.1 Å². The molecule has 0 unspecified atom stereocenters. The Bertz CT molecular complexity index is 609. The number of hydrogen-bond acceptors (Lipinski definition) is 4.